The SMILES string of the molecule is CCn1ncc(Cl)c1C1(O)CCC(C)c2ccccc21. The molecule has 1 aromatic carbocycles. The Labute approximate surface area is 124 Å². The number of aliphatic hydroxyl groups is 1. The molecule has 106 valence electrons. The summed E-state index contributed by atoms with van der Waals surface area (Å²) >= 11 is 6.31. The maximum Gasteiger partial charge on any atom is 0.133 e. The number of hydrogen-bond acceptors (Lipinski definition) is 2. The van der Waals surface area contributed by atoms with Gasteiger partial charge in [0.05, 0.1) is 16.9 Å². The zero-order valence-electron chi connectivity index (χ0n) is 11.8. The summed E-state index contributed by atoms with van der Waals surface area (Å²) in [4.78, 5) is 0. The molecule has 0 amide bonds. The van der Waals surface area contributed by atoms with Crippen molar-refractivity contribution in [2.24, 2.45) is 0 Å². The van der Waals surface area contributed by atoms with E-state index in [2.05, 4.69) is 18.1 Å². The Morgan fingerprint density at radius 1 is 1.45 bits per heavy atom. The molecule has 2 aromatic rings. The molecule has 3 rings (SSSR count). The number of aryl methyl sites for hydroxylation is 1. The molecule has 20 heavy (non-hydrogen) atoms. The largest absolute Gasteiger partial charge is 0.379 e. The predicted octanol–water partition coefficient (Wildman–Crippen LogP) is 3.69. The molecule has 0 spiro atoms. The highest BCUT2D eigenvalue weighted by molar-refractivity contribution is 6.31. The summed E-state index contributed by atoms with van der Waals surface area (Å²) in [7, 11) is 0. The van der Waals surface area contributed by atoms with Crippen LogP contribution in [0.5, 0.6) is 0 Å². The molecule has 1 aromatic heterocycles. The third-order valence-electron chi connectivity index (χ3n) is 4.36. The number of benzene rings is 1. The summed E-state index contributed by atoms with van der Waals surface area (Å²) in [6, 6.07) is 8.11. The van der Waals surface area contributed by atoms with Gasteiger partial charge in [-0.15, -0.1) is 0 Å². The molecule has 4 heteroatoms. The smallest absolute Gasteiger partial charge is 0.133 e. The fraction of sp³-hybridized carbons (Fsp3) is 0.438. The fourth-order valence-electron chi connectivity index (χ4n) is 3.28. The molecular formula is C16H19ClN2O. The summed E-state index contributed by atoms with van der Waals surface area (Å²) in [6.45, 7) is 4.91. The van der Waals surface area contributed by atoms with Crippen LogP contribution in [0.2, 0.25) is 5.02 Å². The zero-order chi connectivity index (χ0) is 14.3. The van der Waals surface area contributed by atoms with Gasteiger partial charge in [0.2, 0.25) is 0 Å². The Bertz CT molecular complexity index is 637. The number of aromatic nitrogens is 2. The second-order valence-corrected chi connectivity index (χ2v) is 5.95. The molecule has 1 heterocycles. The average Bonchev–Trinajstić information content (AvgIpc) is 2.85. The van der Waals surface area contributed by atoms with Crippen molar-refractivity contribution in [2.75, 3.05) is 0 Å². The van der Waals surface area contributed by atoms with Crippen LogP contribution in [-0.2, 0) is 12.1 Å². The number of rotatable bonds is 2. The first-order valence-corrected chi connectivity index (χ1v) is 7.49. The first-order valence-electron chi connectivity index (χ1n) is 7.11. The van der Waals surface area contributed by atoms with Gasteiger partial charge in [-0.25, -0.2) is 0 Å². The van der Waals surface area contributed by atoms with Crippen LogP contribution in [0.4, 0.5) is 0 Å². The zero-order valence-corrected chi connectivity index (χ0v) is 12.6. The van der Waals surface area contributed by atoms with Gasteiger partial charge in [0.15, 0.2) is 0 Å². The van der Waals surface area contributed by atoms with Gasteiger partial charge >= 0.3 is 0 Å². The van der Waals surface area contributed by atoms with Crippen molar-refractivity contribution >= 4 is 11.6 Å². The van der Waals surface area contributed by atoms with E-state index < -0.39 is 5.60 Å². The van der Waals surface area contributed by atoms with Gasteiger partial charge in [-0.3, -0.25) is 4.68 Å². The average molecular weight is 291 g/mol. The van der Waals surface area contributed by atoms with Crippen molar-refractivity contribution in [3.05, 3.63) is 52.3 Å². The van der Waals surface area contributed by atoms with E-state index >= 15 is 0 Å². The molecule has 0 bridgehead atoms. The highest BCUT2D eigenvalue weighted by atomic mass is 35.5. The number of hydrogen-bond donors (Lipinski definition) is 1. The minimum Gasteiger partial charge on any atom is -0.379 e. The van der Waals surface area contributed by atoms with Crippen molar-refractivity contribution in [2.45, 2.75) is 44.8 Å². The molecule has 3 nitrogen and oxygen atoms in total. The Morgan fingerprint density at radius 3 is 2.95 bits per heavy atom. The second kappa shape index (κ2) is 4.90. The van der Waals surface area contributed by atoms with E-state index in [4.69, 9.17) is 11.6 Å². The normalized spacial score (nSPS) is 25.5. The standard InChI is InChI=1S/C16H19ClN2O/c1-3-19-15(14(17)10-18-19)16(20)9-8-11(2)12-6-4-5-7-13(12)16/h4-7,10-11,20H,3,8-9H2,1-2H3. The first-order chi connectivity index (χ1) is 9.58. The van der Waals surface area contributed by atoms with E-state index in [0.29, 0.717) is 23.9 Å². The maximum absolute atomic E-state index is 11.3. The maximum atomic E-state index is 11.3. The van der Waals surface area contributed by atoms with E-state index in [1.807, 2.05) is 25.1 Å². The predicted molar refractivity (Wildman–Crippen MR) is 80.0 cm³/mol. The van der Waals surface area contributed by atoms with E-state index in [1.54, 1.807) is 10.9 Å². The van der Waals surface area contributed by atoms with Crippen LogP contribution in [0.15, 0.2) is 30.5 Å². The van der Waals surface area contributed by atoms with Gasteiger partial charge in [-0.1, -0.05) is 42.8 Å². The number of fused-ring (bicyclic) bond motifs is 1. The Balaban J connectivity index is 2.23. The lowest BCUT2D eigenvalue weighted by molar-refractivity contribution is 0.0489. The lowest BCUT2D eigenvalue weighted by Crippen LogP contribution is -2.35. The molecule has 2 atom stereocenters. The summed E-state index contributed by atoms with van der Waals surface area (Å²) in [5.74, 6) is 0.461. The Hall–Kier alpha value is -1.32. The highest BCUT2D eigenvalue weighted by Gasteiger charge is 2.42. The molecular weight excluding hydrogens is 272 g/mol. The minimum absolute atomic E-state index is 0.461. The van der Waals surface area contributed by atoms with Crippen LogP contribution in [0, 0.1) is 0 Å². The molecule has 1 aliphatic rings. The second-order valence-electron chi connectivity index (χ2n) is 5.54. The molecule has 0 saturated carbocycles. The highest BCUT2D eigenvalue weighted by Crippen LogP contribution is 2.46. The first kappa shape index (κ1) is 13.7. The van der Waals surface area contributed by atoms with Crippen LogP contribution in [-0.4, -0.2) is 14.9 Å². The van der Waals surface area contributed by atoms with Gasteiger partial charge in [0, 0.05) is 6.54 Å². The summed E-state index contributed by atoms with van der Waals surface area (Å²) in [5, 5.41) is 16.2. The van der Waals surface area contributed by atoms with Crippen LogP contribution in [0.3, 0.4) is 0 Å². The Kier molecular flexibility index (Phi) is 3.35. The van der Waals surface area contributed by atoms with E-state index in [9.17, 15) is 5.11 Å². The third-order valence-corrected chi connectivity index (χ3v) is 4.64. The van der Waals surface area contributed by atoms with Crippen LogP contribution < -0.4 is 0 Å². The van der Waals surface area contributed by atoms with Crippen LogP contribution in [0.1, 0.15) is 49.4 Å². The lowest BCUT2D eigenvalue weighted by atomic mass is 9.73. The molecule has 1 aliphatic carbocycles. The van der Waals surface area contributed by atoms with Gasteiger partial charge < -0.3 is 5.11 Å². The molecule has 1 N–H and O–H groups in total. The molecule has 0 saturated heterocycles. The number of halogens is 1. The summed E-state index contributed by atoms with van der Waals surface area (Å²) < 4.78 is 1.80. The van der Waals surface area contributed by atoms with Crippen LogP contribution >= 0.6 is 11.6 Å². The van der Waals surface area contributed by atoms with Gasteiger partial charge in [0.25, 0.3) is 0 Å². The summed E-state index contributed by atoms with van der Waals surface area (Å²) in [6.07, 6.45) is 3.24. The van der Waals surface area contributed by atoms with E-state index in [-0.39, 0.29) is 0 Å². The number of nitrogens with zero attached hydrogens (tertiary/aromatic N) is 2. The monoisotopic (exact) mass is 290 g/mol. The van der Waals surface area contributed by atoms with Crippen molar-refractivity contribution in [3.63, 3.8) is 0 Å². The summed E-state index contributed by atoms with van der Waals surface area (Å²) in [5.41, 5.74) is 1.87. The van der Waals surface area contributed by atoms with Crippen molar-refractivity contribution in [1.29, 1.82) is 0 Å². The Morgan fingerprint density at radius 2 is 2.20 bits per heavy atom. The van der Waals surface area contributed by atoms with E-state index in [1.165, 1.54) is 5.56 Å². The molecule has 0 aliphatic heterocycles. The van der Waals surface area contributed by atoms with Gasteiger partial charge in [-0.05, 0) is 36.8 Å². The minimum atomic E-state index is -1.04. The van der Waals surface area contributed by atoms with Crippen molar-refractivity contribution in [3.8, 4) is 0 Å². The van der Waals surface area contributed by atoms with Crippen LogP contribution in [0.25, 0.3) is 0 Å². The van der Waals surface area contributed by atoms with E-state index in [0.717, 1.165) is 17.7 Å². The van der Waals surface area contributed by atoms with Gasteiger partial charge in [0.1, 0.15) is 5.60 Å². The van der Waals surface area contributed by atoms with Crippen molar-refractivity contribution in [1.82, 2.24) is 9.78 Å². The van der Waals surface area contributed by atoms with Gasteiger partial charge in [-0.2, -0.15) is 5.10 Å². The molecule has 0 radical (unpaired) electrons. The quantitative estimate of drug-likeness (QED) is 0.916. The molecule has 0 fully saturated rings. The molecule has 2 unspecified atom stereocenters. The lowest BCUT2D eigenvalue weighted by Gasteiger charge is -2.37. The fourth-order valence-corrected chi connectivity index (χ4v) is 3.58. The third kappa shape index (κ3) is 1.88. The topological polar surface area (TPSA) is 38.0 Å². The van der Waals surface area contributed by atoms with Crippen molar-refractivity contribution < 1.29 is 5.11 Å².